The number of fused-ring (bicyclic) bond motifs is 6. The monoisotopic (exact) mass is 707 g/mol. The van der Waals surface area contributed by atoms with Crippen molar-refractivity contribution in [3.8, 4) is 11.4 Å². The van der Waals surface area contributed by atoms with Crippen molar-refractivity contribution in [1.29, 1.82) is 0 Å². The molecule has 9 rings (SSSR count). The van der Waals surface area contributed by atoms with Gasteiger partial charge in [0.1, 0.15) is 11.9 Å². The summed E-state index contributed by atoms with van der Waals surface area (Å²) in [5, 5.41) is 5.03. The van der Waals surface area contributed by atoms with Crippen LogP contribution in [0.25, 0.3) is 55.0 Å². The average molecular weight is 708 g/mol. The van der Waals surface area contributed by atoms with Crippen LogP contribution in [0.2, 0.25) is 0 Å². The van der Waals surface area contributed by atoms with Gasteiger partial charge in [-0.05, 0) is 49.4 Å². The minimum absolute atomic E-state index is 0.0833. The van der Waals surface area contributed by atoms with Crippen LogP contribution in [-0.4, -0.2) is 15.3 Å². The fourth-order valence-electron chi connectivity index (χ4n) is 7.57. The molecule has 1 aliphatic heterocycles. The van der Waals surface area contributed by atoms with Crippen molar-refractivity contribution in [2.75, 3.05) is 4.90 Å². The second-order valence-corrected chi connectivity index (χ2v) is 13.8. The van der Waals surface area contributed by atoms with Gasteiger partial charge in [0.15, 0.2) is 6.17 Å². The van der Waals surface area contributed by atoms with E-state index in [1.807, 2.05) is 0 Å². The van der Waals surface area contributed by atoms with Crippen molar-refractivity contribution in [2.45, 2.75) is 20.0 Å². The highest BCUT2D eigenvalue weighted by molar-refractivity contribution is 14.1. The molecule has 222 valence electrons. The molecule has 1 unspecified atom stereocenters. The first-order valence-corrected chi connectivity index (χ1v) is 16.7. The number of nitrogens with zero attached hydrogens (tertiary/aromatic N) is 4. The van der Waals surface area contributed by atoms with E-state index in [0.29, 0.717) is 2.70 Å². The Morgan fingerprint density at radius 3 is 1.59 bits per heavy atom. The lowest BCUT2D eigenvalue weighted by Gasteiger charge is -2.34. The fraction of sp³-hybridized carbons (Fsp3) is 0.0732. The minimum atomic E-state index is 0.0833. The maximum Gasteiger partial charge on any atom is 0.262 e. The summed E-state index contributed by atoms with van der Waals surface area (Å²) in [6.07, 6.45) is 4.75. The fourth-order valence-corrected chi connectivity index (χ4v) is 8.52. The topological polar surface area (TPSA) is 13.1 Å². The molecule has 8 aromatic rings. The number of aryl methyl sites for hydroxylation is 1. The van der Waals surface area contributed by atoms with Crippen molar-refractivity contribution in [1.82, 2.24) is 11.8 Å². The molecule has 0 aliphatic carbocycles. The van der Waals surface area contributed by atoms with Gasteiger partial charge in [-0.15, -0.1) is 0 Å². The van der Waals surface area contributed by atoms with E-state index in [0.717, 1.165) is 11.4 Å². The van der Waals surface area contributed by atoms with Gasteiger partial charge in [-0.2, -0.15) is 2.70 Å². The van der Waals surface area contributed by atoms with E-state index in [4.69, 9.17) is 0 Å². The SMILES string of the molecule is Cc1ccccc1[N+]1(I)C=CN(c2c3c(cc4c5ccccc5n(-c5ccccc5)c24)c2ccccc2n3-c2ccccc2)[C@@H]1C. The lowest BCUT2D eigenvalue weighted by atomic mass is 10.1. The third-order valence-electron chi connectivity index (χ3n) is 9.73. The zero-order valence-electron chi connectivity index (χ0n) is 25.7. The summed E-state index contributed by atoms with van der Waals surface area (Å²) < 4.78 is 5.60. The van der Waals surface area contributed by atoms with E-state index >= 15 is 0 Å². The first-order valence-electron chi connectivity index (χ1n) is 15.8. The van der Waals surface area contributed by atoms with Crippen molar-refractivity contribution < 1.29 is 0 Å². The van der Waals surface area contributed by atoms with Gasteiger partial charge in [0.25, 0.3) is 22.9 Å². The van der Waals surface area contributed by atoms with Crippen LogP contribution >= 0.6 is 22.9 Å². The molecule has 1 aliphatic rings. The number of para-hydroxylation sites is 5. The Morgan fingerprint density at radius 1 is 0.565 bits per heavy atom. The third-order valence-corrected chi connectivity index (χ3v) is 11.4. The molecule has 0 saturated heterocycles. The largest absolute Gasteiger partial charge is 0.307 e. The maximum absolute atomic E-state index is 2.64. The van der Waals surface area contributed by atoms with Crippen LogP contribution in [0.3, 0.4) is 0 Å². The third kappa shape index (κ3) is 3.82. The van der Waals surface area contributed by atoms with Crippen LogP contribution in [0.4, 0.5) is 11.4 Å². The number of rotatable bonds is 4. The molecule has 2 atom stereocenters. The highest BCUT2D eigenvalue weighted by atomic mass is 127. The molecule has 2 aromatic heterocycles. The van der Waals surface area contributed by atoms with Crippen molar-refractivity contribution in [3.63, 3.8) is 0 Å². The molecular weight excluding hydrogens is 675 g/mol. The van der Waals surface area contributed by atoms with E-state index in [1.165, 1.54) is 60.5 Å². The van der Waals surface area contributed by atoms with Crippen LogP contribution < -0.4 is 7.60 Å². The van der Waals surface area contributed by atoms with E-state index in [9.17, 15) is 0 Å². The zero-order valence-corrected chi connectivity index (χ0v) is 27.8. The Morgan fingerprint density at radius 2 is 1.04 bits per heavy atom. The molecule has 0 radical (unpaired) electrons. The van der Waals surface area contributed by atoms with Gasteiger partial charge >= 0.3 is 0 Å². The first-order chi connectivity index (χ1) is 22.6. The molecule has 4 nitrogen and oxygen atoms in total. The summed E-state index contributed by atoms with van der Waals surface area (Å²) in [7, 11) is 0. The lowest BCUT2D eigenvalue weighted by molar-refractivity contribution is 0.530. The highest BCUT2D eigenvalue weighted by Crippen LogP contribution is 2.50. The Kier molecular flexibility index (Phi) is 6.17. The predicted molar refractivity (Wildman–Crippen MR) is 203 cm³/mol. The van der Waals surface area contributed by atoms with Crippen LogP contribution in [0.15, 0.2) is 152 Å². The summed E-state index contributed by atoms with van der Waals surface area (Å²) in [5.74, 6) is 0. The second-order valence-electron chi connectivity index (χ2n) is 12.2. The van der Waals surface area contributed by atoms with E-state index < -0.39 is 0 Å². The number of aromatic nitrogens is 2. The molecule has 46 heavy (non-hydrogen) atoms. The van der Waals surface area contributed by atoms with E-state index in [2.05, 4.69) is 203 Å². The van der Waals surface area contributed by atoms with Crippen molar-refractivity contribution >= 4 is 77.9 Å². The van der Waals surface area contributed by atoms with Crippen molar-refractivity contribution in [3.05, 3.63) is 157 Å². The Labute approximate surface area is 282 Å². The standard InChI is InChI=1S/C41H32IN4/c1-28-15-9-14-24-38(28)46(42)26-25-43(29(46)2)41-39-34(32-20-10-12-22-36(32)44(39)30-16-5-3-6-17-30)27-35-33-21-11-13-23-37(33)45(40(35)41)31-18-7-4-8-19-31/h3-27,29H,1-2H3/q+1/t29-,46?/m0/s1. The average Bonchev–Trinajstić information content (AvgIpc) is 3.72. The van der Waals surface area contributed by atoms with E-state index in [1.54, 1.807) is 0 Å². The summed E-state index contributed by atoms with van der Waals surface area (Å²) in [5.41, 5.74) is 10.9. The summed E-state index contributed by atoms with van der Waals surface area (Å²) in [4.78, 5) is 2.53. The smallest absolute Gasteiger partial charge is 0.262 e. The summed E-state index contributed by atoms with van der Waals surface area (Å²) in [6, 6.07) is 50.6. The van der Waals surface area contributed by atoms with E-state index in [-0.39, 0.29) is 6.17 Å². The van der Waals surface area contributed by atoms with Crippen LogP contribution in [0, 0.1) is 6.92 Å². The normalized spacial score (nSPS) is 18.1. The molecule has 0 saturated carbocycles. The molecule has 5 heteroatoms. The zero-order chi connectivity index (χ0) is 31.0. The van der Waals surface area contributed by atoms with Gasteiger partial charge < -0.3 is 9.13 Å². The summed E-state index contributed by atoms with van der Waals surface area (Å²) >= 11 is 2.64. The molecule has 3 heterocycles. The van der Waals surface area contributed by atoms with Gasteiger partial charge in [0.05, 0.1) is 34.0 Å². The number of halogens is 1. The van der Waals surface area contributed by atoms with Gasteiger partial charge in [-0.3, -0.25) is 4.90 Å². The Bertz CT molecular complexity index is 2340. The number of hydrogen-bond donors (Lipinski definition) is 0. The highest BCUT2D eigenvalue weighted by Gasteiger charge is 2.44. The first kappa shape index (κ1) is 27.5. The van der Waals surface area contributed by atoms with Gasteiger partial charge in [0.2, 0.25) is 0 Å². The van der Waals surface area contributed by atoms with Crippen molar-refractivity contribution in [2.24, 2.45) is 0 Å². The van der Waals surface area contributed by atoms with Gasteiger partial charge in [-0.25, -0.2) is 0 Å². The lowest BCUT2D eigenvalue weighted by Crippen LogP contribution is -2.46. The number of benzene rings is 6. The molecule has 0 spiro atoms. The molecule has 0 N–H and O–H groups in total. The van der Waals surface area contributed by atoms with Gasteiger partial charge in [0, 0.05) is 51.5 Å². The summed E-state index contributed by atoms with van der Waals surface area (Å²) in [6.45, 7) is 4.57. The number of quaternary nitrogens is 1. The van der Waals surface area contributed by atoms with Crippen LogP contribution in [-0.2, 0) is 0 Å². The molecule has 0 fully saturated rings. The second kappa shape index (κ2) is 10.3. The molecule has 6 aromatic carbocycles. The minimum Gasteiger partial charge on any atom is -0.307 e. The Balaban J connectivity index is 1.49. The molecule has 0 bridgehead atoms. The van der Waals surface area contributed by atoms with Gasteiger partial charge in [-0.1, -0.05) is 91.0 Å². The van der Waals surface area contributed by atoms with Crippen LogP contribution in [0.5, 0.6) is 0 Å². The number of anilines is 1. The maximum atomic E-state index is 2.64. The molecule has 0 amide bonds. The quantitative estimate of drug-likeness (QED) is 0.131. The number of hydrogen-bond acceptors (Lipinski definition) is 1. The Hall–Kier alpha value is -4.85. The van der Waals surface area contributed by atoms with Crippen LogP contribution in [0.1, 0.15) is 12.5 Å². The molecular formula is C41H32IN4+. The predicted octanol–water partition coefficient (Wildman–Crippen LogP) is 11.2.